The summed E-state index contributed by atoms with van der Waals surface area (Å²) in [7, 11) is 0. The average molecular weight is 384 g/mol. The number of nitrogens with one attached hydrogen (secondary N) is 2. The molecule has 2 fully saturated rings. The van der Waals surface area contributed by atoms with Crippen molar-refractivity contribution in [3.05, 3.63) is 0 Å². The monoisotopic (exact) mass is 383 g/mol. The Labute approximate surface area is 165 Å². The fraction of sp³-hybridized carbons (Fsp3) is 0.950. The lowest BCUT2D eigenvalue weighted by Crippen LogP contribution is -2.46. The first-order valence-corrected chi connectivity index (χ1v) is 10.8. The summed E-state index contributed by atoms with van der Waals surface area (Å²) in [5.41, 5.74) is 0. The van der Waals surface area contributed by atoms with E-state index in [1.165, 1.54) is 6.42 Å². The number of guanidine groups is 1. The molecule has 0 aromatic carbocycles. The molecular formula is C20H41N5O2. The van der Waals surface area contributed by atoms with Crippen LogP contribution in [0.3, 0.4) is 0 Å². The minimum Gasteiger partial charge on any atom is -0.379 e. The van der Waals surface area contributed by atoms with Crippen molar-refractivity contribution in [1.82, 2.24) is 20.4 Å². The van der Waals surface area contributed by atoms with E-state index in [-0.39, 0.29) is 0 Å². The molecule has 2 N–H and O–H groups in total. The van der Waals surface area contributed by atoms with Gasteiger partial charge in [-0.1, -0.05) is 13.8 Å². The number of morpholine rings is 2. The van der Waals surface area contributed by atoms with Gasteiger partial charge in [-0.3, -0.25) is 14.8 Å². The molecule has 0 aliphatic carbocycles. The molecule has 0 aromatic heterocycles. The molecule has 0 aromatic rings. The second-order valence-corrected chi connectivity index (χ2v) is 7.89. The van der Waals surface area contributed by atoms with Gasteiger partial charge in [0.1, 0.15) is 0 Å². The van der Waals surface area contributed by atoms with Crippen LogP contribution in [0.1, 0.15) is 33.6 Å². The summed E-state index contributed by atoms with van der Waals surface area (Å²) in [5, 5.41) is 6.90. The molecule has 2 aliphatic rings. The van der Waals surface area contributed by atoms with Gasteiger partial charge in [-0.15, -0.1) is 0 Å². The highest BCUT2D eigenvalue weighted by Gasteiger charge is 2.21. The van der Waals surface area contributed by atoms with Gasteiger partial charge in [0.15, 0.2) is 5.96 Å². The molecule has 0 radical (unpaired) electrons. The number of hydrogen-bond donors (Lipinski definition) is 2. The second kappa shape index (κ2) is 13.3. The van der Waals surface area contributed by atoms with Crippen LogP contribution < -0.4 is 10.6 Å². The maximum Gasteiger partial charge on any atom is 0.191 e. The van der Waals surface area contributed by atoms with Crippen LogP contribution in [-0.4, -0.2) is 101 Å². The first-order chi connectivity index (χ1) is 13.2. The molecule has 2 rings (SSSR count). The Hall–Kier alpha value is -0.890. The average Bonchev–Trinajstić information content (AvgIpc) is 2.69. The van der Waals surface area contributed by atoms with Gasteiger partial charge >= 0.3 is 0 Å². The molecule has 1 atom stereocenters. The predicted octanol–water partition coefficient (Wildman–Crippen LogP) is 1.01. The molecule has 7 nitrogen and oxygen atoms in total. The van der Waals surface area contributed by atoms with Crippen LogP contribution in [0.15, 0.2) is 4.99 Å². The molecule has 27 heavy (non-hydrogen) atoms. The van der Waals surface area contributed by atoms with Crippen LogP contribution >= 0.6 is 0 Å². The van der Waals surface area contributed by atoms with E-state index in [4.69, 9.17) is 14.5 Å². The highest BCUT2D eigenvalue weighted by molar-refractivity contribution is 5.79. The van der Waals surface area contributed by atoms with Gasteiger partial charge in [0.25, 0.3) is 0 Å². The molecule has 1 unspecified atom stereocenters. The molecule has 7 heteroatoms. The summed E-state index contributed by atoms with van der Waals surface area (Å²) in [6.07, 6.45) is 2.31. The van der Waals surface area contributed by atoms with Crippen LogP contribution in [0, 0.1) is 5.92 Å². The Morgan fingerprint density at radius 3 is 2.30 bits per heavy atom. The number of nitrogens with zero attached hydrogens (tertiary/aromatic N) is 3. The van der Waals surface area contributed by atoms with E-state index in [1.54, 1.807) is 0 Å². The number of ether oxygens (including phenoxy) is 2. The smallest absolute Gasteiger partial charge is 0.191 e. The van der Waals surface area contributed by atoms with E-state index >= 15 is 0 Å². The summed E-state index contributed by atoms with van der Waals surface area (Å²) in [4.78, 5) is 9.93. The van der Waals surface area contributed by atoms with Crippen LogP contribution in [-0.2, 0) is 9.47 Å². The first kappa shape index (κ1) is 22.4. The van der Waals surface area contributed by atoms with Gasteiger partial charge in [0, 0.05) is 45.3 Å². The fourth-order valence-corrected chi connectivity index (χ4v) is 3.70. The summed E-state index contributed by atoms with van der Waals surface area (Å²) in [5.74, 6) is 1.62. The van der Waals surface area contributed by atoms with Crippen molar-refractivity contribution in [2.45, 2.75) is 39.7 Å². The Balaban J connectivity index is 1.77. The Bertz CT molecular complexity index is 407. The molecular weight excluding hydrogens is 342 g/mol. The summed E-state index contributed by atoms with van der Waals surface area (Å²) in [6.45, 7) is 18.1. The molecule has 2 heterocycles. The van der Waals surface area contributed by atoms with Crippen molar-refractivity contribution in [1.29, 1.82) is 0 Å². The Morgan fingerprint density at radius 2 is 1.67 bits per heavy atom. The molecule has 0 saturated carbocycles. The number of hydrogen-bond acceptors (Lipinski definition) is 5. The van der Waals surface area contributed by atoms with Crippen LogP contribution in [0.2, 0.25) is 0 Å². The zero-order valence-electron chi connectivity index (χ0n) is 17.7. The number of aliphatic imine (C=N–C) groups is 1. The fourth-order valence-electron chi connectivity index (χ4n) is 3.70. The highest BCUT2D eigenvalue weighted by atomic mass is 16.5. The lowest BCUT2D eigenvalue weighted by atomic mass is 10.0. The molecule has 0 bridgehead atoms. The highest BCUT2D eigenvalue weighted by Crippen LogP contribution is 2.14. The van der Waals surface area contributed by atoms with Crippen molar-refractivity contribution in [3.63, 3.8) is 0 Å². The van der Waals surface area contributed by atoms with E-state index in [0.29, 0.717) is 12.0 Å². The van der Waals surface area contributed by atoms with Gasteiger partial charge < -0.3 is 20.1 Å². The summed E-state index contributed by atoms with van der Waals surface area (Å²) in [6, 6.07) is 0.498. The van der Waals surface area contributed by atoms with Gasteiger partial charge in [0.2, 0.25) is 0 Å². The second-order valence-electron chi connectivity index (χ2n) is 7.89. The summed E-state index contributed by atoms with van der Waals surface area (Å²) < 4.78 is 10.9. The molecule has 2 saturated heterocycles. The lowest BCUT2D eigenvalue weighted by molar-refractivity contribution is 0.0143. The predicted molar refractivity (Wildman–Crippen MR) is 111 cm³/mol. The van der Waals surface area contributed by atoms with Crippen molar-refractivity contribution < 1.29 is 9.47 Å². The van der Waals surface area contributed by atoms with Crippen LogP contribution in [0.4, 0.5) is 0 Å². The Morgan fingerprint density at radius 1 is 1.00 bits per heavy atom. The van der Waals surface area contributed by atoms with E-state index in [9.17, 15) is 0 Å². The minimum absolute atomic E-state index is 0.498. The maximum atomic E-state index is 5.52. The third kappa shape index (κ3) is 9.23. The topological polar surface area (TPSA) is 61.4 Å². The van der Waals surface area contributed by atoms with E-state index in [0.717, 1.165) is 91.2 Å². The normalized spacial score (nSPS) is 21.4. The number of rotatable bonds is 10. The van der Waals surface area contributed by atoms with Crippen LogP contribution in [0.5, 0.6) is 0 Å². The zero-order valence-corrected chi connectivity index (χ0v) is 17.7. The van der Waals surface area contributed by atoms with Crippen molar-refractivity contribution in [2.24, 2.45) is 10.9 Å². The van der Waals surface area contributed by atoms with Crippen molar-refractivity contribution in [2.75, 3.05) is 78.8 Å². The Kier molecular flexibility index (Phi) is 11.0. The summed E-state index contributed by atoms with van der Waals surface area (Å²) >= 11 is 0. The van der Waals surface area contributed by atoms with Gasteiger partial charge in [-0.05, 0) is 32.2 Å². The first-order valence-electron chi connectivity index (χ1n) is 10.8. The third-order valence-electron chi connectivity index (χ3n) is 5.16. The van der Waals surface area contributed by atoms with Crippen molar-refractivity contribution in [3.8, 4) is 0 Å². The van der Waals surface area contributed by atoms with Gasteiger partial charge in [0.05, 0.1) is 33.0 Å². The lowest BCUT2D eigenvalue weighted by Gasteiger charge is -2.34. The molecule has 2 aliphatic heterocycles. The molecule has 0 amide bonds. The van der Waals surface area contributed by atoms with E-state index < -0.39 is 0 Å². The molecule has 158 valence electrons. The van der Waals surface area contributed by atoms with Crippen molar-refractivity contribution >= 4 is 5.96 Å². The largest absolute Gasteiger partial charge is 0.379 e. The standard InChI is InChI=1S/C20H41N5O2/c1-4-21-20(22-6-5-7-24-8-12-26-13-9-24)23-17-19(16-18(2)3)25-10-14-27-15-11-25/h18-19H,4-17H2,1-3H3,(H2,21,22,23). The maximum absolute atomic E-state index is 5.52. The minimum atomic E-state index is 0.498. The van der Waals surface area contributed by atoms with E-state index in [2.05, 4.69) is 41.2 Å². The van der Waals surface area contributed by atoms with Gasteiger partial charge in [-0.25, -0.2) is 0 Å². The zero-order chi connectivity index (χ0) is 19.3. The van der Waals surface area contributed by atoms with Crippen LogP contribution in [0.25, 0.3) is 0 Å². The molecule has 0 spiro atoms. The van der Waals surface area contributed by atoms with E-state index in [1.807, 2.05) is 0 Å². The quantitative estimate of drug-likeness (QED) is 0.334. The van der Waals surface area contributed by atoms with Gasteiger partial charge in [-0.2, -0.15) is 0 Å². The SMILES string of the molecule is CCNC(=NCC(CC(C)C)N1CCOCC1)NCCCN1CCOCC1. The third-order valence-corrected chi connectivity index (χ3v) is 5.16.